The van der Waals surface area contributed by atoms with Crippen LogP contribution in [0.15, 0.2) is 18.2 Å². The van der Waals surface area contributed by atoms with Gasteiger partial charge in [0.15, 0.2) is 0 Å². The van der Waals surface area contributed by atoms with E-state index in [0.717, 1.165) is 0 Å². The van der Waals surface area contributed by atoms with Crippen molar-refractivity contribution in [1.29, 1.82) is 0 Å². The number of halogens is 1. The molecule has 2 N–H and O–H groups in total. The van der Waals surface area contributed by atoms with Gasteiger partial charge in [0.05, 0.1) is 18.3 Å². The zero-order chi connectivity index (χ0) is 15.3. The normalized spacial score (nSPS) is 12.3. The molecule has 1 atom stereocenters. The van der Waals surface area contributed by atoms with Crippen LogP contribution in [0.2, 0.25) is 0 Å². The fourth-order valence-electron chi connectivity index (χ4n) is 2.09. The van der Waals surface area contributed by atoms with Gasteiger partial charge in [-0.3, -0.25) is 4.79 Å². The van der Waals surface area contributed by atoms with Crippen molar-refractivity contribution in [3.63, 3.8) is 0 Å². The highest BCUT2D eigenvalue weighted by atomic mass is 19.1. The number of amides is 1. The molecule has 0 saturated heterocycles. The summed E-state index contributed by atoms with van der Waals surface area (Å²) in [5.74, 6) is -0.593. The summed E-state index contributed by atoms with van der Waals surface area (Å²) in [6.45, 7) is 7.72. The number of nitrogens with zero attached hydrogens (tertiary/aromatic N) is 1. The Morgan fingerprint density at radius 1 is 1.40 bits per heavy atom. The number of nitrogens with one attached hydrogen (secondary N) is 1. The van der Waals surface area contributed by atoms with Crippen molar-refractivity contribution in [2.24, 2.45) is 0 Å². The Balaban J connectivity index is 3.03. The van der Waals surface area contributed by atoms with Gasteiger partial charge in [-0.1, -0.05) is 12.1 Å². The Morgan fingerprint density at radius 3 is 2.55 bits per heavy atom. The lowest BCUT2D eigenvalue weighted by molar-refractivity contribution is -0.120. The molecular weight excluding hydrogens is 259 g/mol. The third-order valence-corrected chi connectivity index (χ3v) is 2.95. The average Bonchev–Trinajstić information content (AvgIpc) is 2.35. The average molecular weight is 282 g/mol. The zero-order valence-corrected chi connectivity index (χ0v) is 12.5. The first-order valence-electron chi connectivity index (χ1n) is 6.87. The number of carbonyl (C=O) groups is 1. The molecule has 1 amide bonds. The molecule has 0 aliphatic heterocycles. The smallest absolute Gasteiger partial charge is 0.239 e. The molecule has 0 aromatic heterocycles. The molecule has 4 nitrogen and oxygen atoms in total. The van der Waals surface area contributed by atoms with E-state index in [1.54, 1.807) is 24.0 Å². The minimum absolute atomic E-state index is 0.0399. The summed E-state index contributed by atoms with van der Waals surface area (Å²) in [7, 11) is 0. The molecule has 112 valence electrons. The number of hydrogen-bond donors (Lipinski definition) is 2. The Hall–Kier alpha value is -1.62. The monoisotopic (exact) mass is 282 g/mol. The van der Waals surface area contributed by atoms with Crippen molar-refractivity contribution in [2.75, 3.05) is 18.0 Å². The quantitative estimate of drug-likeness (QED) is 0.841. The number of likely N-dealkylation sites (N-methyl/N-ethyl adjacent to an activating group) is 1. The molecule has 1 aromatic rings. The number of aliphatic hydroxyl groups is 1. The molecular formula is C15H23FN2O2. The molecule has 5 heteroatoms. The van der Waals surface area contributed by atoms with E-state index in [4.69, 9.17) is 0 Å². The van der Waals surface area contributed by atoms with E-state index in [0.29, 0.717) is 17.8 Å². The predicted molar refractivity (Wildman–Crippen MR) is 78.2 cm³/mol. The molecule has 0 heterocycles. The summed E-state index contributed by atoms with van der Waals surface area (Å²) in [4.78, 5) is 13.5. The van der Waals surface area contributed by atoms with Crippen LogP contribution in [0, 0.1) is 5.82 Å². The third kappa shape index (κ3) is 4.20. The maximum Gasteiger partial charge on any atom is 0.239 e. The minimum atomic E-state index is -0.789. The first-order valence-corrected chi connectivity index (χ1v) is 6.87. The van der Waals surface area contributed by atoms with Crippen LogP contribution >= 0.6 is 0 Å². The van der Waals surface area contributed by atoms with E-state index in [2.05, 4.69) is 5.32 Å². The number of carbonyl (C=O) groups excluding carboxylic acids is 1. The van der Waals surface area contributed by atoms with Crippen molar-refractivity contribution in [3.05, 3.63) is 29.6 Å². The lowest BCUT2D eigenvalue weighted by Gasteiger charge is -2.27. The standard InChI is InChI=1S/C15H23FN2O2/c1-5-18(9-14(20)17-10(2)3)15-12(11(4)19)7-6-8-13(15)16/h6-8,10-11,19H,5,9H2,1-4H3,(H,17,20)/t11-/m0/s1. The molecule has 0 aliphatic rings. The van der Waals surface area contributed by atoms with Gasteiger partial charge in [-0.15, -0.1) is 0 Å². The number of benzene rings is 1. The highest BCUT2D eigenvalue weighted by Crippen LogP contribution is 2.29. The summed E-state index contributed by atoms with van der Waals surface area (Å²) in [5.41, 5.74) is 0.785. The highest BCUT2D eigenvalue weighted by Gasteiger charge is 2.19. The summed E-state index contributed by atoms with van der Waals surface area (Å²) >= 11 is 0. The highest BCUT2D eigenvalue weighted by molar-refractivity contribution is 5.82. The number of anilines is 1. The summed E-state index contributed by atoms with van der Waals surface area (Å²) < 4.78 is 14.1. The van der Waals surface area contributed by atoms with E-state index >= 15 is 0 Å². The molecule has 0 bridgehead atoms. The lowest BCUT2D eigenvalue weighted by atomic mass is 10.1. The van der Waals surface area contributed by atoms with Gasteiger partial charge in [-0.2, -0.15) is 0 Å². The Labute approximate surface area is 119 Å². The second-order valence-corrected chi connectivity index (χ2v) is 5.09. The molecule has 1 aromatic carbocycles. The fraction of sp³-hybridized carbons (Fsp3) is 0.533. The minimum Gasteiger partial charge on any atom is -0.389 e. The SMILES string of the molecule is CCN(CC(=O)NC(C)C)c1c(F)cccc1[C@H](C)O. The first-order chi connectivity index (χ1) is 9.36. The van der Waals surface area contributed by atoms with Crippen LogP contribution in [0.1, 0.15) is 39.4 Å². The van der Waals surface area contributed by atoms with Gasteiger partial charge >= 0.3 is 0 Å². The van der Waals surface area contributed by atoms with Crippen molar-refractivity contribution in [1.82, 2.24) is 5.32 Å². The van der Waals surface area contributed by atoms with Crippen molar-refractivity contribution >= 4 is 11.6 Å². The molecule has 0 aliphatic carbocycles. The van der Waals surface area contributed by atoms with Crippen LogP contribution in [0.25, 0.3) is 0 Å². The van der Waals surface area contributed by atoms with E-state index in [9.17, 15) is 14.3 Å². The van der Waals surface area contributed by atoms with Gasteiger partial charge in [0.1, 0.15) is 5.82 Å². The van der Waals surface area contributed by atoms with E-state index < -0.39 is 11.9 Å². The number of aliphatic hydroxyl groups excluding tert-OH is 1. The van der Waals surface area contributed by atoms with Crippen molar-refractivity contribution < 1.29 is 14.3 Å². The second kappa shape index (κ2) is 7.24. The molecule has 20 heavy (non-hydrogen) atoms. The molecule has 0 saturated carbocycles. The van der Waals surface area contributed by atoms with Crippen LogP contribution in [-0.2, 0) is 4.79 Å². The van der Waals surface area contributed by atoms with Crippen LogP contribution in [0.5, 0.6) is 0 Å². The summed E-state index contributed by atoms with van der Waals surface area (Å²) in [6.07, 6.45) is -0.789. The van der Waals surface area contributed by atoms with Crippen LogP contribution in [-0.4, -0.2) is 30.1 Å². The summed E-state index contributed by atoms with van der Waals surface area (Å²) in [5, 5.41) is 12.5. The third-order valence-electron chi connectivity index (χ3n) is 2.95. The number of hydrogen-bond acceptors (Lipinski definition) is 3. The molecule has 0 fully saturated rings. The molecule has 0 radical (unpaired) electrons. The number of para-hydroxylation sites is 1. The van der Waals surface area contributed by atoms with E-state index in [1.807, 2.05) is 20.8 Å². The molecule has 1 rings (SSSR count). The number of rotatable bonds is 6. The van der Waals surface area contributed by atoms with Crippen molar-refractivity contribution in [3.8, 4) is 0 Å². The molecule has 0 spiro atoms. The summed E-state index contributed by atoms with van der Waals surface area (Å²) in [6, 6.07) is 4.61. The van der Waals surface area contributed by atoms with Crippen LogP contribution in [0.4, 0.5) is 10.1 Å². The second-order valence-electron chi connectivity index (χ2n) is 5.09. The Bertz CT molecular complexity index is 461. The Morgan fingerprint density at radius 2 is 2.05 bits per heavy atom. The Kier molecular flexibility index (Phi) is 5.95. The maximum absolute atomic E-state index is 14.1. The van der Waals surface area contributed by atoms with Gasteiger partial charge in [0, 0.05) is 18.2 Å². The zero-order valence-electron chi connectivity index (χ0n) is 12.5. The van der Waals surface area contributed by atoms with Gasteiger partial charge in [0.25, 0.3) is 0 Å². The van der Waals surface area contributed by atoms with Gasteiger partial charge in [-0.25, -0.2) is 4.39 Å². The van der Waals surface area contributed by atoms with Gasteiger partial charge in [0.2, 0.25) is 5.91 Å². The van der Waals surface area contributed by atoms with Crippen LogP contribution < -0.4 is 10.2 Å². The van der Waals surface area contributed by atoms with Gasteiger partial charge in [-0.05, 0) is 33.8 Å². The van der Waals surface area contributed by atoms with E-state index in [1.165, 1.54) is 6.07 Å². The predicted octanol–water partition coefficient (Wildman–Crippen LogP) is 2.23. The maximum atomic E-state index is 14.1. The fourth-order valence-corrected chi connectivity index (χ4v) is 2.09. The first kappa shape index (κ1) is 16.4. The largest absolute Gasteiger partial charge is 0.389 e. The lowest BCUT2D eigenvalue weighted by Crippen LogP contribution is -2.40. The van der Waals surface area contributed by atoms with Crippen molar-refractivity contribution in [2.45, 2.75) is 39.8 Å². The molecule has 0 unspecified atom stereocenters. The van der Waals surface area contributed by atoms with Gasteiger partial charge < -0.3 is 15.3 Å². The topological polar surface area (TPSA) is 52.6 Å². The van der Waals surface area contributed by atoms with Crippen LogP contribution in [0.3, 0.4) is 0 Å². The van der Waals surface area contributed by atoms with E-state index in [-0.39, 0.29) is 18.5 Å².